The second kappa shape index (κ2) is 7.57. The van der Waals surface area contributed by atoms with Crippen molar-refractivity contribution < 1.29 is 14.0 Å². The van der Waals surface area contributed by atoms with Crippen LogP contribution in [0.1, 0.15) is 13.8 Å². The summed E-state index contributed by atoms with van der Waals surface area (Å²) in [7, 11) is 0. The molecule has 0 aliphatic carbocycles. The maximum absolute atomic E-state index is 12.4. The highest BCUT2D eigenvalue weighted by Gasteiger charge is 2.26. The Morgan fingerprint density at radius 1 is 1.15 bits per heavy atom. The van der Waals surface area contributed by atoms with Crippen LogP contribution in [0.2, 0.25) is 0 Å². The third-order valence-corrected chi connectivity index (χ3v) is 5.21. The van der Waals surface area contributed by atoms with Crippen molar-refractivity contribution in [2.45, 2.75) is 24.1 Å². The molecule has 0 aliphatic rings. The van der Waals surface area contributed by atoms with E-state index in [2.05, 4.69) is 15.3 Å². The number of nitrogens with zero attached hydrogens (tertiary/aromatic N) is 2. The Morgan fingerprint density at radius 2 is 1.92 bits per heavy atom. The molecule has 0 saturated heterocycles. The van der Waals surface area contributed by atoms with Crippen LogP contribution in [0.15, 0.2) is 52.1 Å². The van der Waals surface area contributed by atoms with Crippen molar-refractivity contribution in [2.24, 2.45) is 11.7 Å². The molecule has 3 rings (SSSR count). The number of carbonyl (C=O) groups is 2. The Morgan fingerprint density at radius 3 is 2.58 bits per heavy atom. The van der Waals surface area contributed by atoms with Crippen molar-refractivity contribution in [3.05, 3.63) is 42.7 Å². The summed E-state index contributed by atoms with van der Waals surface area (Å²) >= 11 is 1.28. The Balaban J connectivity index is 2.04. The number of hydrogen-bond donors (Lipinski definition) is 2. The maximum Gasteiger partial charge on any atom is 0.318 e. The van der Waals surface area contributed by atoms with Crippen LogP contribution in [0.5, 0.6) is 0 Å². The Kier molecular flexibility index (Phi) is 5.22. The first kappa shape index (κ1) is 17.9. The number of furan rings is 1. The van der Waals surface area contributed by atoms with Gasteiger partial charge in [0.05, 0.1) is 17.0 Å². The molecule has 0 saturated carbocycles. The van der Waals surface area contributed by atoms with Gasteiger partial charge in [-0.05, 0) is 24.1 Å². The van der Waals surface area contributed by atoms with Gasteiger partial charge in [0.15, 0.2) is 11.6 Å². The smallest absolute Gasteiger partial charge is 0.318 e. The topological polar surface area (TPSA) is 111 Å². The number of urea groups is 1. The van der Waals surface area contributed by atoms with Crippen molar-refractivity contribution in [3.8, 4) is 11.6 Å². The number of imide groups is 1. The van der Waals surface area contributed by atoms with Gasteiger partial charge in [-0.3, -0.25) is 10.1 Å². The summed E-state index contributed by atoms with van der Waals surface area (Å²) in [5.41, 5.74) is 5.83. The fourth-order valence-electron chi connectivity index (χ4n) is 2.46. The lowest BCUT2D eigenvalue weighted by atomic mass is 10.1. The summed E-state index contributed by atoms with van der Waals surface area (Å²) in [6, 6.07) is 10.2. The van der Waals surface area contributed by atoms with Gasteiger partial charge in [0.2, 0.25) is 5.91 Å². The van der Waals surface area contributed by atoms with Crippen LogP contribution in [0.25, 0.3) is 22.5 Å². The lowest BCUT2D eigenvalue weighted by molar-refractivity contribution is -0.120. The van der Waals surface area contributed by atoms with E-state index in [1.807, 2.05) is 38.1 Å². The zero-order valence-corrected chi connectivity index (χ0v) is 15.1. The summed E-state index contributed by atoms with van der Waals surface area (Å²) in [5, 5.41) is 3.08. The number of fused-ring (bicyclic) bond motifs is 1. The number of nitrogens with two attached hydrogens (primary N) is 1. The van der Waals surface area contributed by atoms with Gasteiger partial charge < -0.3 is 10.2 Å². The van der Waals surface area contributed by atoms with Crippen LogP contribution < -0.4 is 11.1 Å². The van der Waals surface area contributed by atoms with E-state index in [9.17, 15) is 9.59 Å². The summed E-state index contributed by atoms with van der Waals surface area (Å²) in [4.78, 5) is 32.5. The van der Waals surface area contributed by atoms with E-state index in [0.29, 0.717) is 16.6 Å². The molecule has 2 heterocycles. The predicted octanol–water partition coefficient (Wildman–Crippen LogP) is 3.20. The lowest BCUT2D eigenvalue weighted by Gasteiger charge is -2.19. The first-order valence-electron chi connectivity index (χ1n) is 8.03. The van der Waals surface area contributed by atoms with Crippen molar-refractivity contribution in [1.29, 1.82) is 0 Å². The number of nitrogens with one attached hydrogen (secondary N) is 1. The molecule has 0 fully saturated rings. The molecule has 1 aromatic carbocycles. The number of aromatic nitrogens is 2. The van der Waals surface area contributed by atoms with Gasteiger partial charge in [-0.1, -0.05) is 43.8 Å². The minimum atomic E-state index is -0.870. The number of primary amides is 1. The zero-order valence-electron chi connectivity index (χ0n) is 14.3. The molecule has 8 heteroatoms. The highest BCUT2D eigenvalue weighted by atomic mass is 32.2. The van der Waals surface area contributed by atoms with Gasteiger partial charge in [0.1, 0.15) is 5.03 Å². The molecule has 0 bridgehead atoms. The van der Waals surface area contributed by atoms with Gasteiger partial charge >= 0.3 is 6.03 Å². The molecule has 0 unspecified atom stereocenters. The van der Waals surface area contributed by atoms with Gasteiger partial charge in [0.25, 0.3) is 0 Å². The molecule has 0 radical (unpaired) electrons. The first-order valence-corrected chi connectivity index (χ1v) is 8.91. The summed E-state index contributed by atoms with van der Waals surface area (Å²) < 4.78 is 5.40. The van der Waals surface area contributed by atoms with Gasteiger partial charge in [0, 0.05) is 5.39 Å². The number of benzene rings is 1. The van der Waals surface area contributed by atoms with Crippen LogP contribution in [0.3, 0.4) is 0 Å². The molecule has 3 N–H and O–H groups in total. The number of rotatable bonds is 5. The highest BCUT2D eigenvalue weighted by Crippen LogP contribution is 2.33. The average molecular weight is 370 g/mol. The van der Waals surface area contributed by atoms with Crippen molar-refractivity contribution >= 4 is 34.6 Å². The Hall–Kier alpha value is -2.87. The van der Waals surface area contributed by atoms with E-state index < -0.39 is 17.2 Å². The molecule has 0 aliphatic heterocycles. The zero-order chi connectivity index (χ0) is 18.7. The van der Waals surface area contributed by atoms with Crippen LogP contribution in [-0.2, 0) is 4.79 Å². The van der Waals surface area contributed by atoms with E-state index in [1.54, 1.807) is 18.4 Å². The van der Waals surface area contributed by atoms with E-state index in [4.69, 9.17) is 10.2 Å². The van der Waals surface area contributed by atoms with Crippen LogP contribution >= 0.6 is 11.8 Å². The average Bonchev–Trinajstić information content (AvgIpc) is 3.12. The van der Waals surface area contributed by atoms with E-state index in [-0.39, 0.29) is 5.92 Å². The Bertz CT molecular complexity index is 941. The highest BCUT2D eigenvalue weighted by molar-refractivity contribution is 8.00. The molecule has 26 heavy (non-hydrogen) atoms. The Labute approximate surface area is 154 Å². The number of thioether (sulfide) groups is 1. The third kappa shape index (κ3) is 3.85. The van der Waals surface area contributed by atoms with Crippen LogP contribution in [-0.4, -0.2) is 27.2 Å². The number of carbonyl (C=O) groups excluding carboxylic acids is 2. The molecule has 3 amide bonds. The summed E-state index contributed by atoms with van der Waals surface area (Å²) in [5.74, 6) is 0.495. The predicted molar refractivity (Wildman–Crippen MR) is 99.4 cm³/mol. The van der Waals surface area contributed by atoms with Crippen molar-refractivity contribution in [1.82, 2.24) is 15.3 Å². The fraction of sp³-hybridized carbons (Fsp3) is 0.222. The standard InChI is InChI=1S/C18H18N4O3S/c1-10(2)14(16(23)22-18(19)24)26-17-11-6-3-4-7-12(11)20-15(21-17)13-8-5-9-25-13/h3-10,14H,1-2H3,(H3,19,22,23,24)/t14-/m0/s1. The minimum absolute atomic E-state index is 0.0415. The van der Waals surface area contributed by atoms with Crippen molar-refractivity contribution in [3.63, 3.8) is 0 Å². The first-order chi connectivity index (χ1) is 12.5. The quantitative estimate of drug-likeness (QED) is 0.527. The van der Waals surface area contributed by atoms with Crippen LogP contribution in [0.4, 0.5) is 4.79 Å². The lowest BCUT2D eigenvalue weighted by Crippen LogP contribution is -2.42. The fourth-order valence-corrected chi connectivity index (χ4v) is 3.58. The monoisotopic (exact) mass is 370 g/mol. The SMILES string of the molecule is CC(C)[C@H](Sc1nc(-c2ccco2)nc2ccccc12)C(=O)NC(N)=O. The summed E-state index contributed by atoms with van der Waals surface area (Å²) in [6.45, 7) is 3.80. The molecule has 134 valence electrons. The molecular weight excluding hydrogens is 352 g/mol. The van der Waals surface area contributed by atoms with Gasteiger partial charge in [-0.2, -0.15) is 0 Å². The molecule has 3 aromatic rings. The third-order valence-electron chi connectivity index (χ3n) is 3.66. The minimum Gasteiger partial charge on any atom is -0.461 e. The van der Waals surface area contributed by atoms with Crippen molar-refractivity contribution in [2.75, 3.05) is 0 Å². The number of hydrogen-bond acceptors (Lipinski definition) is 6. The maximum atomic E-state index is 12.4. The molecule has 1 atom stereocenters. The summed E-state index contributed by atoms with van der Waals surface area (Å²) in [6.07, 6.45) is 1.55. The molecule has 2 aromatic heterocycles. The molecule has 7 nitrogen and oxygen atoms in total. The van der Waals surface area contributed by atoms with E-state index >= 15 is 0 Å². The van der Waals surface area contributed by atoms with E-state index in [1.165, 1.54) is 11.8 Å². The number of para-hydroxylation sites is 1. The van der Waals surface area contributed by atoms with Gasteiger partial charge in [-0.15, -0.1) is 0 Å². The van der Waals surface area contributed by atoms with E-state index in [0.717, 1.165) is 10.9 Å². The molecular formula is C18H18N4O3S. The second-order valence-electron chi connectivity index (χ2n) is 5.98. The molecule has 0 spiro atoms. The number of amides is 3. The van der Waals surface area contributed by atoms with Gasteiger partial charge in [-0.25, -0.2) is 14.8 Å². The van der Waals surface area contributed by atoms with Crippen LogP contribution in [0, 0.1) is 5.92 Å². The second-order valence-corrected chi connectivity index (χ2v) is 7.11. The largest absolute Gasteiger partial charge is 0.461 e. The normalized spacial score (nSPS) is 12.3.